The summed E-state index contributed by atoms with van der Waals surface area (Å²) in [5, 5.41) is 16.9. The summed E-state index contributed by atoms with van der Waals surface area (Å²) in [4.78, 5) is 12.9. The Hall–Kier alpha value is -3.06. The van der Waals surface area contributed by atoms with E-state index >= 15 is 8.78 Å². The van der Waals surface area contributed by atoms with Gasteiger partial charge in [0.15, 0.2) is 0 Å². The maximum Gasteiger partial charge on any atom is 0.328 e. The highest BCUT2D eigenvalue weighted by atomic mass is 19.1. The van der Waals surface area contributed by atoms with Crippen LogP contribution in [-0.4, -0.2) is 38.8 Å². The molecule has 0 spiro atoms. The first-order valence-electron chi connectivity index (χ1n) is 10.4. The molecule has 0 saturated heterocycles. The predicted molar refractivity (Wildman–Crippen MR) is 116 cm³/mol. The third kappa shape index (κ3) is 3.97. The molecule has 4 rings (SSSR count). The van der Waals surface area contributed by atoms with Crippen LogP contribution in [0.3, 0.4) is 0 Å². The molecule has 0 bridgehead atoms. The number of rotatable bonds is 5. The van der Waals surface area contributed by atoms with Crippen LogP contribution in [0.15, 0.2) is 36.5 Å². The summed E-state index contributed by atoms with van der Waals surface area (Å²) in [7, 11) is 0. The molecule has 0 saturated carbocycles. The fourth-order valence-electron chi connectivity index (χ4n) is 4.58. The standard InChI is InChI=1S/C24H25F2N3O2/c1-13(2)12-29-14(3)8-17-16(5-6-21-18(17)11-27-28-21)24(29)23-19(25)9-15(10-20(23)26)4-7-22(30)31/h4-7,9-11,13-14,24H,8,12H2,1-3H3,(H,27,28)(H,30,31)/b7-4+/t14-,24+/m1/s1. The van der Waals surface area contributed by atoms with E-state index in [4.69, 9.17) is 5.11 Å². The average Bonchev–Trinajstić information content (AvgIpc) is 3.17. The van der Waals surface area contributed by atoms with Crippen molar-refractivity contribution in [1.29, 1.82) is 0 Å². The zero-order valence-corrected chi connectivity index (χ0v) is 17.7. The average molecular weight is 425 g/mol. The molecule has 162 valence electrons. The number of hydrogen-bond acceptors (Lipinski definition) is 3. The van der Waals surface area contributed by atoms with Gasteiger partial charge in [0.1, 0.15) is 11.6 Å². The van der Waals surface area contributed by atoms with E-state index in [9.17, 15) is 4.79 Å². The van der Waals surface area contributed by atoms with Gasteiger partial charge in [-0.05, 0) is 60.2 Å². The summed E-state index contributed by atoms with van der Waals surface area (Å²) < 4.78 is 30.7. The van der Waals surface area contributed by atoms with Gasteiger partial charge in [-0.15, -0.1) is 0 Å². The number of benzene rings is 2. The van der Waals surface area contributed by atoms with E-state index in [0.717, 1.165) is 34.5 Å². The van der Waals surface area contributed by atoms with Gasteiger partial charge in [0, 0.05) is 29.6 Å². The summed E-state index contributed by atoms with van der Waals surface area (Å²) in [6.07, 6.45) is 4.59. The molecular formula is C24H25F2N3O2. The van der Waals surface area contributed by atoms with Gasteiger partial charge >= 0.3 is 5.97 Å². The Morgan fingerprint density at radius 1 is 1.32 bits per heavy atom. The van der Waals surface area contributed by atoms with E-state index in [2.05, 4.69) is 35.9 Å². The fraction of sp³-hybridized carbons (Fsp3) is 0.333. The lowest BCUT2D eigenvalue weighted by atomic mass is 9.82. The van der Waals surface area contributed by atoms with Crippen molar-refractivity contribution in [1.82, 2.24) is 15.1 Å². The highest BCUT2D eigenvalue weighted by Gasteiger charge is 2.37. The molecule has 0 unspecified atom stereocenters. The zero-order valence-electron chi connectivity index (χ0n) is 17.7. The molecule has 2 aromatic carbocycles. The quantitative estimate of drug-likeness (QED) is 0.569. The van der Waals surface area contributed by atoms with Crippen LogP contribution in [-0.2, 0) is 11.2 Å². The zero-order chi connectivity index (χ0) is 22.3. The van der Waals surface area contributed by atoms with Gasteiger partial charge in [0.05, 0.1) is 17.8 Å². The number of carboxylic acid groups (broad SMARTS) is 1. The lowest BCUT2D eigenvalue weighted by Crippen LogP contribution is -2.45. The number of hydrogen-bond donors (Lipinski definition) is 2. The molecule has 1 aliphatic heterocycles. The molecular weight excluding hydrogens is 400 g/mol. The summed E-state index contributed by atoms with van der Waals surface area (Å²) >= 11 is 0. The summed E-state index contributed by atoms with van der Waals surface area (Å²) in [6.45, 7) is 6.95. The maximum absolute atomic E-state index is 15.3. The molecule has 0 fully saturated rings. The number of carbonyl (C=O) groups is 1. The Morgan fingerprint density at radius 3 is 2.68 bits per heavy atom. The van der Waals surface area contributed by atoms with Crippen molar-refractivity contribution in [2.24, 2.45) is 5.92 Å². The third-order valence-electron chi connectivity index (χ3n) is 5.83. The van der Waals surface area contributed by atoms with Crippen LogP contribution in [0.1, 0.15) is 49.1 Å². The molecule has 2 N–H and O–H groups in total. The number of halogens is 2. The third-order valence-corrected chi connectivity index (χ3v) is 5.83. The van der Waals surface area contributed by atoms with Gasteiger partial charge < -0.3 is 5.11 Å². The van der Waals surface area contributed by atoms with Crippen LogP contribution in [0.2, 0.25) is 0 Å². The fourth-order valence-corrected chi connectivity index (χ4v) is 4.58. The van der Waals surface area contributed by atoms with Crippen LogP contribution >= 0.6 is 0 Å². The lowest BCUT2D eigenvalue weighted by Gasteiger charge is -2.43. The SMILES string of the molecule is CC(C)CN1[C@H](c2c(F)cc(/C=C/C(=O)O)cc2F)c2ccc3[nH]ncc3c2C[C@H]1C. The Bertz CT molecular complexity index is 1150. The number of H-pyrrole nitrogens is 1. The largest absolute Gasteiger partial charge is 0.478 e. The number of carboxylic acids is 1. The number of aromatic amines is 1. The highest BCUT2D eigenvalue weighted by Crippen LogP contribution is 2.42. The molecule has 5 nitrogen and oxygen atoms in total. The minimum atomic E-state index is -1.17. The predicted octanol–water partition coefficient (Wildman–Crippen LogP) is 4.93. The van der Waals surface area contributed by atoms with Crippen molar-refractivity contribution in [3.8, 4) is 0 Å². The van der Waals surface area contributed by atoms with Gasteiger partial charge in [-0.1, -0.05) is 19.9 Å². The lowest BCUT2D eigenvalue weighted by molar-refractivity contribution is -0.131. The molecule has 0 amide bonds. The Balaban J connectivity index is 1.90. The molecule has 7 heteroatoms. The van der Waals surface area contributed by atoms with Gasteiger partial charge in [-0.3, -0.25) is 10.00 Å². The van der Waals surface area contributed by atoms with E-state index < -0.39 is 23.6 Å². The number of nitrogens with zero attached hydrogens (tertiary/aromatic N) is 2. The van der Waals surface area contributed by atoms with E-state index in [0.29, 0.717) is 12.5 Å². The monoisotopic (exact) mass is 425 g/mol. The molecule has 0 radical (unpaired) electrons. The van der Waals surface area contributed by atoms with Gasteiger partial charge in [-0.25, -0.2) is 13.6 Å². The number of fused-ring (bicyclic) bond motifs is 3. The topological polar surface area (TPSA) is 69.2 Å². The second-order valence-electron chi connectivity index (χ2n) is 8.58. The molecule has 0 aliphatic carbocycles. The van der Waals surface area contributed by atoms with Gasteiger partial charge in [0.2, 0.25) is 0 Å². The van der Waals surface area contributed by atoms with Crippen LogP contribution in [0.4, 0.5) is 8.78 Å². The number of aliphatic carboxylic acids is 1. The highest BCUT2D eigenvalue weighted by molar-refractivity contribution is 5.85. The van der Waals surface area contributed by atoms with Gasteiger partial charge in [-0.2, -0.15) is 5.10 Å². The first kappa shape index (κ1) is 21.2. The second kappa shape index (κ2) is 8.23. The van der Waals surface area contributed by atoms with Crippen molar-refractivity contribution in [3.63, 3.8) is 0 Å². The minimum Gasteiger partial charge on any atom is -0.478 e. The Labute approximate surface area is 179 Å². The van der Waals surface area contributed by atoms with Crippen LogP contribution in [0.25, 0.3) is 17.0 Å². The van der Waals surface area contributed by atoms with Gasteiger partial charge in [0.25, 0.3) is 0 Å². The van der Waals surface area contributed by atoms with E-state index in [-0.39, 0.29) is 17.2 Å². The summed E-state index contributed by atoms with van der Waals surface area (Å²) in [6, 6.07) is 5.71. The Kier molecular flexibility index (Phi) is 5.62. The van der Waals surface area contributed by atoms with Crippen molar-refractivity contribution < 1.29 is 18.7 Å². The molecule has 2 atom stereocenters. The van der Waals surface area contributed by atoms with Crippen molar-refractivity contribution in [3.05, 3.63) is 70.4 Å². The Morgan fingerprint density at radius 2 is 2.03 bits per heavy atom. The van der Waals surface area contributed by atoms with E-state index in [1.165, 1.54) is 18.2 Å². The normalized spacial score (nSPS) is 19.4. The first-order valence-corrected chi connectivity index (χ1v) is 10.4. The van der Waals surface area contributed by atoms with Crippen molar-refractivity contribution in [2.45, 2.75) is 39.3 Å². The summed E-state index contributed by atoms with van der Waals surface area (Å²) in [5.74, 6) is -2.23. The smallest absolute Gasteiger partial charge is 0.328 e. The molecule has 1 aliphatic rings. The van der Waals surface area contributed by atoms with Crippen LogP contribution in [0, 0.1) is 17.6 Å². The number of aromatic nitrogens is 2. The van der Waals surface area contributed by atoms with Crippen molar-refractivity contribution in [2.75, 3.05) is 6.54 Å². The molecule has 1 aromatic heterocycles. The second-order valence-corrected chi connectivity index (χ2v) is 8.58. The van der Waals surface area contributed by atoms with Crippen LogP contribution in [0.5, 0.6) is 0 Å². The van der Waals surface area contributed by atoms with Crippen LogP contribution < -0.4 is 0 Å². The molecule has 3 aromatic rings. The first-order chi connectivity index (χ1) is 14.8. The number of nitrogens with one attached hydrogen (secondary N) is 1. The summed E-state index contributed by atoms with van der Waals surface area (Å²) in [5.41, 5.74) is 2.99. The van der Waals surface area contributed by atoms with E-state index in [1.54, 1.807) is 6.20 Å². The maximum atomic E-state index is 15.3. The van der Waals surface area contributed by atoms with Crippen molar-refractivity contribution >= 4 is 22.9 Å². The van der Waals surface area contributed by atoms with E-state index in [1.807, 2.05) is 12.1 Å². The molecule has 31 heavy (non-hydrogen) atoms. The minimum absolute atomic E-state index is 0.0104. The molecule has 2 heterocycles.